The van der Waals surface area contributed by atoms with Crippen LogP contribution in [-0.4, -0.2) is 28.7 Å². The lowest BCUT2D eigenvalue weighted by atomic mass is 10.1. The highest BCUT2D eigenvalue weighted by molar-refractivity contribution is 5.28. The van der Waals surface area contributed by atoms with Crippen molar-refractivity contribution >= 4 is 5.95 Å². The maximum absolute atomic E-state index is 8.86. The molecule has 0 radical (unpaired) electrons. The van der Waals surface area contributed by atoms with Crippen molar-refractivity contribution in [2.45, 2.75) is 26.9 Å². The summed E-state index contributed by atoms with van der Waals surface area (Å²) in [6, 6.07) is 0. The molecule has 84 valence electrons. The van der Waals surface area contributed by atoms with Gasteiger partial charge in [0, 0.05) is 31.5 Å². The molecule has 0 bridgehead atoms. The third-order valence-electron chi connectivity index (χ3n) is 2.50. The molecule has 0 amide bonds. The topological polar surface area (TPSA) is 49.2 Å². The molecule has 0 aliphatic heterocycles. The summed E-state index contributed by atoms with van der Waals surface area (Å²) in [5, 5.41) is 8.86. The van der Waals surface area contributed by atoms with E-state index >= 15 is 0 Å². The molecule has 0 fully saturated rings. The summed E-state index contributed by atoms with van der Waals surface area (Å²) in [7, 11) is 1.99. The van der Waals surface area contributed by atoms with E-state index in [1.807, 2.05) is 11.9 Å². The molecule has 1 N–H and O–H groups in total. The first-order chi connectivity index (χ1) is 7.17. The van der Waals surface area contributed by atoms with Crippen LogP contribution in [0.5, 0.6) is 0 Å². The number of aliphatic hydroxyl groups is 1. The summed E-state index contributed by atoms with van der Waals surface area (Å²) < 4.78 is 0. The number of aromatic nitrogens is 2. The van der Waals surface area contributed by atoms with Gasteiger partial charge in [-0.2, -0.15) is 0 Å². The van der Waals surface area contributed by atoms with E-state index in [9.17, 15) is 0 Å². The van der Waals surface area contributed by atoms with Gasteiger partial charge in [0.1, 0.15) is 0 Å². The Balaban J connectivity index is 2.61. The van der Waals surface area contributed by atoms with Crippen molar-refractivity contribution in [3.05, 3.63) is 18.0 Å². The highest BCUT2D eigenvalue weighted by Crippen LogP contribution is 2.09. The number of rotatable bonds is 5. The molecule has 4 nitrogen and oxygen atoms in total. The Kier molecular flexibility index (Phi) is 4.49. The second-order valence-electron chi connectivity index (χ2n) is 3.94. The van der Waals surface area contributed by atoms with Gasteiger partial charge in [0.2, 0.25) is 5.95 Å². The number of hydrogen-bond donors (Lipinski definition) is 1. The van der Waals surface area contributed by atoms with E-state index < -0.39 is 0 Å². The van der Waals surface area contributed by atoms with Crippen molar-refractivity contribution in [2.75, 3.05) is 18.5 Å². The molecule has 1 heterocycles. The van der Waals surface area contributed by atoms with E-state index in [1.54, 1.807) is 12.4 Å². The number of nitrogens with zero attached hydrogens (tertiary/aromatic N) is 3. The molecule has 1 atom stereocenters. The Bertz CT molecular complexity index is 286. The second-order valence-corrected chi connectivity index (χ2v) is 3.94. The van der Waals surface area contributed by atoms with Crippen LogP contribution in [0.4, 0.5) is 5.95 Å². The molecule has 1 rings (SSSR count). The summed E-state index contributed by atoms with van der Waals surface area (Å²) in [6.45, 7) is 5.33. The monoisotopic (exact) mass is 209 g/mol. The Morgan fingerprint density at radius 2 is 2.00 bits per heavy atom. The highest BCUT2D eigenvalue weighted by Gasteiger charge is 2.07. The van der Waals surface area contributed by atoms with Gasteiger partial charge in [-0.15, -0.1) is 0 Å². The Labute approximate surface area is 91.0 Å². The first-order valence-electron chi connectivity index (χ1n) is 5.30. The van der Waals surface area contributed by atoms with Crippen LogP contribution in [0.3, 0.4) is 0 Å². The molecule has 1 aromatic heterocycles. The van der Waals surface area contributed by atoms with Crippen LogP contribution in [0.2, 0.25) is 0 Å². The fourth-order valence-electron chi connectivity index (χ4n) is 1.30. The van der Waals surface area contributed by atoms with Gasteiger partial charge in [-0.3, -0.25) is 0 Å². The molecule has 15 heavy (non-hydrogen) atoms. The first kappa shape index (κ1) is 11.9. The minimum Gasteiger partial charge on any atom is -0.392 e. The van der Waals surface area contributed by atoms with Gasteiger partial charge in [0.15, 0.2) is 0 Å². The molecular weight excluding hydrogens is 190 g/mol. The zero-order chi connectivity index (χ0) is 11.3. The molecule has 0 aromatic carbocycles. The SMILES string of the molecule is CCC(C)CN(C)c1ncc(CO)cn1. The van der Waals surface area contributed by atoms with Crippen LogP contribution in [0, 0.1) is 5.92 Å². The maximum Gasteiger partial charge on any atom is 0.225 e. The largest absolute Gasteiger partial charge is 0.392 e. The molecule has 1 unspecified atom stereocenters. The van der Waals surface area contributed by atoms with E-state index in [2.05, 4.69) is 23.8 Å². The summed E-state index contributed by atoms with van der Waals surface area (Å²) in [5.41, 5.74) is 0.746. The van der Waals surface area contributed by atoms with Crippen LogP contribution in [0.15, 0.2) is 12.4 Å². The van der Waals surface area contributed by atoms with Gasteiger partial charge in [0.05, 0.1) is 6.61 Å². The average molecular weight is 209 g/mol. The molecule has 4 heteroatoms. The van der Waals surface area contributed by atoms with Gasteiger partial charge in [-0.05, 0) is 5.92 Å². The highest BCUT2D eigenvalue weighted by atomic mass is 16.3. The average Bonchev–Trinajstić information content (AvgIpc) is 2.29. The standard InChI is InChI=1S/C11H19N3O/c1-4-9(2)7-14(3)11-12-5-10(8-15)6-13-11/h5-6,9,15H,4,7-8H2,1-3H3. The Morgan fingerprint density at radius 1 is 1.40 bits per heavy atom. The van der Waals surface area contributed by atoms with Crippen molar-refractivity contribution < 1.29 is 5.11 Å². The van der Waals surface area contributed by atoms with Gasteiger partial charge in [-0.25, -0.2) is 9.97 Å². The molecule has 0 saturated carbocycles. The zero-order valence-corrected chi connectivity index (χ0v) is 9.64. The molecule has 0 aliphatic rings. The predicted octanol–water partition coefficient (Wildman–Crippen LogP) is 1.45. The lowest BCUT2D eigenvalue weighted by molar-refractivity contribution is 0.281. The lowest BCUT2D eigenvalue weighted by Gasteiger charge is -2.20. The number of aliphatic hydroxyl groups excluding tert-OH is 1. The van der Waals surface area contributed by atoms with Crippen molar-refractivity contribution in [1.82, 2.24) is 9.97 Å². The second kappa shape index (κ2) is 5.66. The van der Waals surface area contributed by atoms with Crippen molar-refractivity contribution in [3.63, 3.8) is 0 Å². The summed E-state index contributed by atoms with van der Waals surface area (Å²) in [6.07, 6.45) is 4.48. The van der Waals surface area contributed by atoms with Crippen LogP contribution < -0.4 is 4.90 Å². The van der Waals surface area contributed by atoms with Crippen LogP contribution in [-0.2, 0) is 6.61 Å². The normalized spacial score (nSPS) is 12.5. The molecule has 0 spiro atoms. The maximum atomic E-state index is 8.86. The van der Waals surface area contributed by atoms with E-state index in [1.165, 1.54) is 0 Å². The number of anilines is 1. The van der Waals surface area contributed by atoms with E-state index in [-0.39, 0.29) is 6.61 Å². The van der Waals surface area contributed by atoms with E-state index in [4.69, 9.17) is 5.11 Å². The Morgan fingerprint density at radius 3 is 2.47 bits per heavy atom. The van der Waals surface area contributed by atoms with E-state index in [0.29, 0.717) is 11.9 Å². The predicted molar refractivity (Wildman–Crippen MR) is 60.7 cm³/mol. The van der Waals surface area contributed by atoms with Gasteiger partial charge in [0.25, 0.3) is 0 Å². The van der Waals surface area contributed by atoms with Gasteiger partial charge < -0.3 is 10.0 Å². The minimum atomic E-state index is -0.00461. The fraction of sp³-hybridized carbons (Fsp3) is 0.636. The van der Waals surface area contributed by atoms with E-state index in [0.717, 1.165) is 18.5 Å². The molecule has 0 saturated heterocycles. The smallest absolute Gasteiger partial charge is 0.225 e. The van der Waals surface area contributed by atoms with Gasteiger partial charge >= 0.3 is 0 Å². The third-order valence-corrected chi connectivity index (χ3v) is 2.50. The number of hydrogen-bond acceptors (Lipinski definition) is 4. The molecular formula is C11H19N3O. The van der Waals surface area contributed by atoms with Crippen molar-refractivity contribution in [1.29, 1.82) is 0 Å². The molecule has 0 aliphatic carbocycles. The summed E-state index contributed by atoms with van der Waals surface area (Å²) in [4.78, 5) is 10.4. The molecule has 1 aromatic rings. The third kappa shape index (κ3) is 3.47. The van der Waals surface area contributed by atoms with Crippen LogP contribution in [0.25, 0.3) is 0 Å². The lowest BCUT2D eigenvalue weighted by Crippen LogP contribution is -2.25. The summed E-state index contributed by atoms with van der Waals surface area (Å²) >= 11 is 0. The summed E-state index contributed by atoms with van der Waals surface area (Å²) in [5.74, 6) is 1.35. The van der Waals surface area contributed by atoms with Crippen LogP contribution in [0.1, 0.15) is 25.8 Å². The van der Waals surface area contributed by atoms with Crippen LogP contribution >= 0.6 is 0 Å². The van der Waals surface area contributed by atoms with Crippen molar-refractivity contribution in [2.24, 2.45) is 5.92 Å². The van der Waals surface area contributed by atoms with Crippen molar-refractivity contribution in [3.8, 4) is 0 Å². The fourth-order valence-corrected chi connectivity index (χ4v) is 1.30. The Hall–Kier alpha value is -1.16. The minimum absolute atomic E-state index is 0.00461. The van der Waals surface area contributed by atoms with Gasteiger partial charge in [-0.1, -0.05) is 20.3 Å². The quantitative estimate of drug-likeness (QED) is 0.797. The zero-order valence-electron chi connectivity index (χ0n) is 9.64. The first-order valence-corrected chi connectivity index (χ1v) is 5.30.